The Labute approximate surface area is 92.5 Å². The van der Waals surface area contributed by atoms with Crippen molar-refractivity contribution in [2.24, 2.45) is 5.41 Å². The number of aliphatic hydroxyl groups excluding tert-OH is 1. The fourth-order valence-electron chi connectivity index (χ4n) is 1.78. The van der Waals surface area contributed by atoms with E-state index in [1.807, 2.05) is 20.8 Å². The van der Waals surface area contributed by atoms with Crippen molar-refractivity contribution in [1.82, 2.24) is 4.90 Å². The van der Waals surface area contributed by atoms with E-state index in [2.05, 4.69) is 4.90 Å². The summed E-state index contributed by atoms with van der Waals surface area (Å²) >= 11 is 0. The van der Waals surface area contributed by atoms with Gasteiger partial charge in [0.25, 0.3) is 0 Å². The second kappa shape index (κ2) is 5.08. The molecule has 0 bridgehead atoms. The van der Waals surface area contributed by atoms with Crippen LogP contribution >= 0.6 is 0 Å². The van der Waals surface area contributed by atoms with Crippen LogP contribution in [-0.2, 0) is 4.79 Å². The van der Waals surface area contributed by atoms with E-state index in [0.717, 1.165) is 32.5 Å². The van der Waals surface area contributed by atoms with Crippen molar-refractivity contribution in [3.8, 4) is 0 Å². The van der Waals surface area contributed by atoms with Crippen molar-refractivity contribution >= 4 is 5.78 Å². The van der Waals surface area contributed by atoms with Crippen LogP contribution in [0.15, 0.2) is 0 Å². The molecule has 1 aliphatic heterocycles. The minimum atomic E-state index is -0.213. The molecule has 0 aromatic rings. The van der Waals surface area contributed by atoms with Gasteiger partial charge in [-0.2, -0.15) is 0 Å². The Hall–Kier alpha value is -0.410. The first-order chi connectivity index (χ1) is 6.89. The van der Waals surface area contributed by atoms with Crippen molar-refractivity contribution in [3.63, 3.8) is 0 Å². The third-order valence-corrected chi connectivity index (χ3v) is 3.05. The monoisotopic (exact) mass is 213 g/mol. The van der Waals surface area contributed by atoms with Crippen molar-refractivity contribution < 1.29 is 9.90 Å². The summed E-state index contributed by atoms with van der Waals surface area (Å²) in [4.78, 5) is 14.0. The maximum Gasteiger partial charge on any atom is 0.139 e. The number of likely N-dealkylation sites (tertiary alicyclic amines) is 1. The lowest BCUT2D eigenvalue weighted by Gasteiger charge is -2.30. The van der Waals surface area contributed by atoms with E-state index in [-0.39, 0.29) is 11.5 Å². The Morgan fingerprint density at radius 1 is 1.33 bits per heavy atom. The van der Waals surface area contributed by atoms with E-state index in [4.69, 9.17) is 0 Å². The van der Waals surface area contributed by atoms with E-state index < -0.39 is 0 Å². The van der Waals surface area contributed by atoms with Crippen molar-refractivity contribution in [3.05, 3.63) is 0 Å². The standard InChI is InChI=1S/C12H23NO2/c1-12(2,3)11(15)6-9-13-7-4-10(14)5-8-13/h10,14H,4-9H2,1-3H3. The number of ketones is 1. The lowest BCUT2D eigenvalue weighted by atomic mass is 9.89. The SMILES string of the molecule is CC(C)(C)C(=O)CCN1CCC(O)CC1. The number of carbonyl (C=O) groups excluding carboxylic acids is 1. The predicted octanol–water partition coefficient (Wildman–Crippen LogP) is 1.45. The van der Waals surface area contributed by atoms with Crippen LogP contribution in [0.4, 0.5) is 0 Å². The Morgan fingerprint density at radius 3 is 2.33 bits per heavy atom. The molecule has 1 rings (SSSR count). The summed E-state index contributed by atoms with van der Waals surface area (Å²) in [6.45, 7) is 8.61. The van der Waals surface area contributed by atoms with Crippen LogP contribution in [0, 0.1) is 5.41 Å². The zero-order valence-corrected chi connectivity index (χ0v) is 10.1. The van der Waals surface area contributed by atoms with E-state index in [9.17, 15) is 9.90 Å². The highest BCUT2D eigenvalue weighted by molar-refractivity contribution is 5.83. The maximum atomic E-state index is 11.7. The summed E-state index contributed by atoms with van der Waals surface area (Å²) in [7, 11) is 0. The van der Waals surface area contributed by atoms with Gasteiger partial charge in [0.1, 0.15) is 5.78 Å². The average molecular weight is 213 g/mol. The number of rotatable bonds is 3. The van der Waals surface area contributed by atoms with Crippen molar-refractivity contribution in [2.75, 3.05) is 19.6 Å². The molecular formula is C12H23NO2. The Bertz CT molecular complexity index is 212. The molecule has 0 atom stereocenters. The van der Waals surface area contributed by atoms with Gasteiger partial charge < -0.3 is 10.0 Å². The van der Waals surface area contributed by atoms with Crippen LogP contribution in [0.2, 0.25) is 0 Å². The Kier molecular flexibility index (Phi) is 4.29. The van der Waals surface area contributed by atoms with Gasteiger partial charge in [0.05, 0.1) is 6.10 Å². The molecule has 0 aromatic heterocycles. The van der Waals surface area contributed by atoms with Gasteiger partial charge in [-0.15, -0.1) is 0 Å². The van der Waals surface area contributed by atoms with Gasteiger partial charge >= 0.3 is 0 Å². The van der Waals surface area contributed by atoms with Gasteiger partial charge in [-0.3, -0.25) is 4.79 Å². The van der Waals surface area contributed by atoms with Crippen LogP contribution in [0.1, 0.15) is 40.0 Å². The molecule has 0 spiro atoms. The van der Waals surface area contributed by atoms with Crippen molar-refractivity contribution in [2.45, 2.75) is 46.1 Å². The summed E-state index contributed by atoms with van der Waals surface area (Å²) in [6, 6.07) is 0. The first-order valence-corrected chi connectivity index (χ1v) is 5.83. The number of nitrogens with zero attached hydrogens (tertiary/aromatic N) is 1. The second-order valence-corrected chi connectivity index (χ2v) is 5.50. The number of aliphatic hydroxyl groups is 1. The highest BCUT2D eigenvalue weighted by Crippen LogP contribution is 2.18. The number of piperidine rings is 1. The second-order valence-electron chi connectivity index (χ2n) is 5.50. The third kappa shape index (κ3) is 4.31. The summed E-state index contributed by atoms with van der Waals surface area (Å²) in [5, 5.41) is 9.34. The van der Waals surface area contributed by atoms with Crippen molar-refractivity contribution in [1.29, 1.82) is 0 Å². The molecule has 1 heterocycles. The quantitative estimate of drug-likeness (QED) is 0.771. The first-order valence-electron chi connectivity index (χ1n) is 5.83. The third-order valence-electron chi connectivity index (χ3n) is 3.05. The number of Topliss-reactive ketones (excluding diaryl/α,β-unsaturated/α-hetero) is 1. The van der Waals surface area contributed by atoms with Crippen LogP contribution in [-0.4, -0.2) is 41.5 Å². The van der Waals surface area contributed by atoms with Crippen LogP contribution in [0.5, 0.6) is 0 Å². The van der Waals surface area contributed by atoms with Crippen LogP contribution in [0.3, 0.4) is 0 Å². The Morgan fingerprint density at radius 2 is 1.87 bits per heavy atom. The Balaban J connectivity index is 2.23. The number of carbonyl (C=O) groups is 1. The van der Waals surface area contributed by atoms with Gasteiger partial charge in [0.15, 0.2) is 0 Å². The minimum Gasteiger partial charge on any atom is -0.393 e. The first kappa shape index (κ1) is 12.7. The fourth-order valence-corrected chi connectivity index (χ4v) is 1.78. The summed E-state index contributed by atoms with van der Waals surface area (Å²) in [5.74, 6) is 0.327. The van der Waals surface area contributed by atoms with E-state index in [1.165, 1.54) is 0 Å². The average Bonchev–Trinajstić information content (AvgIpc) is 2.15. The molecule has 88 valence electrons. The molecule has 1 aliphatic rings. The van der Waals surface area contributed by atoms with Gasteiger partial charge in [-0.1, -0.05) is 20.8 Å². The maximum absolute atomic E-state index is 11.7. The molecule has 3 nitrogen and oxygen atoms in total. The smallest absolute Gasteiger partial charge is 0.139 e. The molecule has 1 fully saturated rings. The minimum absolute atomic E-state index is 0.125. The zero-order chi connectivity index (χ0) is 11.5. The highest BCUT2D eigenvalue weighted by Gasteiger charge is 2.23. The summed E-state index contributed by atoms with van der Waals surface area (Å²) in [5.41, 5.74) is -0.213. The molecule has 0 radical (unpaired) electrons. The number of hydrogen-bond acceptors (Lipinski definition) is 3. The molecule has 0 unspecified atom stereocenters. The van der Waals surface area contributed by atoms with Gasteiger partial charge in [-0.25, -0.2) is 0 Å². The fraction of sp³-hybridized carbons (Fsp3) is 0.917. The van der Waals surface area contributed by atoms with Gasteiger partial charge in [0, 0.05) is 31.5 Å². The molecule has 0 aromatic carbocycles. The van der Waals surface area contributed by atoms with Gasteiger partial charge in [0.2, 0.25) is 0 Å². The number of hydrogen-bond donors (Lipinski definition) is 1. The van der Waals surface area contributed by atoms with Crippen LogP contribution < -0.4 is 0 Å². The molecule has 15 heavy (non-hydrogen) atoms. The molecule has 1 N–H and O–H groups in total. The topological polar surface area (TPSA) is 40.5 Å². The molecule has 0 saturated carbocycles. The molecule has 0 amide bonds. The van der Waals surface area contributed by atoms with E-state index in [1.54, 1.807) is 0 Å². The summed E-state index contributed by atoms with van der Waals surface area (Å²) in [6.07, 6.45) is 2.21. The van der Waals surface area contributed by atoms with E-state index >= 15 is 0 Å². The predicted molar refractivity (Wildman–Crippen MR) is 60.8 cm³/mol. The molecule has 0 aliphatic carbocycles. The highest BCUT2D eigenvalue weighted by atomic mass is 16.3. The normalized spacial score (nSPS) is 20.5. The molecule has 3 heteroatoms. The molecular weight excluding hydrogens is 190 g/mol. The van der Waals surface area contributed by atoms with Crippen LogP contribution in [0.25, 0.3) is 0 Å². The molecule has 1 saturated heterocycles. The lowest BCUT2D eigenvalue weighted by Crippen LogP contribution is -2.38. The zero-order valence-electron chi connectivity index (χ0n) is 10.1. The lowest BCUT2D eigenvalue weighted by molar-refractivity contribution is -0.126. The largest absolute Gasteiger partial charge is 0.393 e. The summed E-state index contributed by atoms with van der Waals surface area (Å²) < 4.78 is 0. The van der Waals surface area contributed by atoms with Gasteiger partial charge in [-0.05, 0) is 12.8 Å². The van der Waals surface area contributed by atoms with E-state index in [0.29, 0.717) is 12.2 Å².